The van der Waals surface area contributed by atoms with Crippen molar-refractivity contribution in [3.05, 3.63) is 65.9 Å². The summed E-state index contributed by atoms with van der Waals surface area (Å²) in [5.74, 6) is -0.550. The highest BCUT2D eigenvalue weighted by Gasteiger charge is 2.23. The zero-order valence-electron chi connectivity index (χ0n) is 16.3. The van der Waals surface area contributed by atoms with E-state index in [0.29, 0.717) is 11.1 Å². The second-order valence-electron chi connectivity index (χ2n) is 7.39. The molecule has 2 amide bonds. The smallest absolute Gasteiger partial charge is 0.274 e. The van der Waals surface area contributed by atoms with Crippen molar-refractivity contribution in [2.45, 2.75) is 18.9 Å². The predicted molar refractivity (Wildman–Crippen MR) is 111 cm³/mol. The maximum Gasteiger partial charge on any atom is 0.274 e. The summed E-state index contributed by atoms with van der Waals surface area (Å²) in [7, 11) is 1.95. The fourth-order valence-corrected chi connectivity index (χ4v) is 3.96. The molecular formula is C22H24N4O3. The van der Waals surface area contributed by atoms with Gasteiger partial charge in [-0.15, -0.1) is 0 Å². The Hall–Kier alpha value is -3.32. The number of carbonyl (C=O) groups is 2. The second-order valence-corrected chi connectivity index (χ2v) is 7.39. The van der Waals surface area contributed by atoms with E-state index in [9.17, 15) is 9.59 Å². The number of hydroxylamine groups is 1. The fourth-order valence-electron chi connectivity index (χ4n) is 3.96. The van der Waals surface area contributed by atoms with Gasteiger partial charge in [0.25, 0.3) is 11.8 Å². The average molecular weight is 392 g/mol. The van der Waals surface area contributed by atoms with Crippen LogP contribution in [0.25, 0.3) is 10.9 Å². The standard InChI is InChI=1S/C22H24N4O3/c1-25-14-19(18-4-2-3-5-20(18)25)22(28)23-16-10-12-26(13-11-16)17-8-6-15(7-9-17)21(27)24-29/h2-9,14,16,29H,10-13H2,1H3,(H,23,28)(H,24,27). The van der Waals surface area contributed by atoms with Crippen molar-refractivity contribution in [1.82, 2.24) is 15.4 Å². The van der Waals surface area contributed by atoms with E-state index in [0.717, 1.165) is 42.5 Å². The predicted octanol–water partition coefficient (Wildman–Crippen LogP) is 2.70. The molecule has 2 aromatic carbocycles. The first-order valence-corrected chi connectivity index (χ1v) is 9.71. The third-order valence-electron chi connectivity index (χ3n) is 5.57. The van der Waals surface area contributed by atoms with E-state index in [1.54, 1.807) is 17.6 Å². The molecule has 2 heterocycles. The number of hydrogen-bond acceptors (Lipinski definition) is 4. The monoisotopic (exact) mass is 392 g/mol. The number of amides is 2. The molecule has 3 aromatic rings. The number of anilines is 1. The van der Waals surface area contributed by atoms with Crippen molar-refractivity contribution >= 4 is 28.4 Å². The summed E-state index contributed by atoms with van der Waals surface area (Å²) in [4.78, 5) is 26.5. The third kappa shape index (κ3) is 3.82. The van der Waals surface area contributed by atoms with Crippen molar-refractivity contribution in [3.63, 3.8) is 0 Å². The molecule has 0 spiro atoms. The van der Waals surface area contributed by atoms with E-state index in [4.69, 9.17) is 5.21 Å². The Morgan fingerprint density at radius 3 is 2.38 bits per heavy atom. The number of para-hydroxylation sites is 1. The highest BCUT2D eigenvalue weighted by atomic mass is 16.5. The highest BCUT2D eigenvalue weighted by Crippen LogP contribution is 2.23. The third-order valence-corrected chi connectivity index (χ3v) is 5.57. The number of nitrogens with zero attached hydrogens (tertiary/aromatic N) is 2. The van der Waals surface area contributed by atoms with Crippen LogP contribution in [0.3, 0.4) is 0 Å². The van der Waals surface area contributed by atoms with Crippen molar-refractivity contribution in [3.8, 4) is 0 Å². The van der Waals surface area contributed by atoms with Crippen LogP contribution in [0.5, 0.6) is 0 Å². The van der Waals surface area contributed by atoms with E-state index in [2.05, 4.69) is 10.2 Å². The molecule has 0 unspecified atom stereocenters. The van der Waals surface area contributed by atoms with Crippen LogP contribution in [0.2, 0.25) is 0 Å². The lowest BCUT2D eigenvalue weighted by Crippen LogP contribution is -2.44. The van der Waals surface area contributed by atoms with Gasteiger partial charge in [0.2, 0.25) is 0 Å². The molecule has 3 N–H and O–H groups in total. The van der Waals surface area contributed by atoms with Gasteiger partial charge in [0.05, 0.1) is 5.56 Å². The summed E-state index contributed by atoms with van der Waals surface area (Å²) in [6.07, 6.45) is 3.60. The largest absolute Gasteiger partial charge is 0.371 e. The van der Waals surface area contributed by atoms with Gasteiger partial charge < -0.3 is 14.8 Å². The number of nitrogens with one attached hydrogen (secondary N) is 2. The summed E-state index contributed by atoms with van der Waals surface area (Å²) >= 11 is 0. The molecule has 0 radical (unpaired) electrons. The van der Waals surface area contributed by atoms with E-state index in [1.807, 2.05) is 54.2 Å². The number of aryl methyl sites for hydroxylation is 1. The Morgan fingerprint density at radius 1 is 1.00 bits per heavy atom. The van der Waals surface area contributed by atoms with Crippen LogP contribution in [-0.2, 0) is 7.05 Å². The summed E-state index contributed by atoms with van der Waals surface area (Å²) in [5.41, 5.74) is 4.83. The number of fused-ring (bicyclic) bond motifs is 1. The number of rotatable bonds is 4. The van der Waals surface area contributed by atoms with Gasteiger partial charge in [-0.25, -0.2) is 5.48 Å². The molecule has 0 atom stereocenters. The Balaban J connectivity index is 1.37. The molecule has 7 nitrogen and oxygen atoms in total. The fraction of sp³-hybridized carbons (Fsp3) is 0.273. The van der Waals surface area contributed by atoms with Gasteiger partial charge in [-0.05, 0) is 43.2 Å². The Morgan fingerprint density at radius 2 is 1.69 bits per heavy atom. The summed E-state index contributed by atoms with van der Waals surface area (Å²) < 4.78 is 1.98. The first-order valence-electron chi connectivity index (χ1n) is 9.71. The second kappa shape index (κ2) is 7.97. The maximum atomic E-state index is 12.8. The normalized spacial score (nSPS) is 14.8. The number of aromatic nitrogens is 1. The van der Waals surface area contributed by atoms with Gasteiger partial charge in [0, 0.05) is 54.5 Å². The summed E-state index contributed by atoms with van der Waals surface area (Å²) in [6, 6.07) is 15.2. The van der Waals surface area contributed by atoms with Gasteiger partial charge in [0.1, 0.15) is 0 Å². The van der Waals surface area contributed by atoms with E-state index >= 15 is 0 Å². The Bertz CT molecular complexity index is 1030. The van der Waals surface area contributed by atoms with Crippen LogP contribution in [0.1, 0.15) is 33.6 Å². The van der Waals surface area contributed by atoms with Gasteiger partial charge in [-0.1, -0.05) is 18.2 Å². The minimum absolute atomic E-state index is 0.0281. The lowest BCUT2D eigenvalue weighted by atomic mass is 10.0. The first kappa shape index (κ1) is 19.0. The van der Waals surface area contributed by atoms with E-state index in [-0.39, 0.29) is 11.9 Å². The molecule has 0 bridgehead atoms. The molecular weight excluding hydrogens is 368 g/mol. The molecule has 1 aliphatic rings. The maximum absolute atomic E-state index is 12.8. The zero-order valence-corrected chi connectivity index (χ0v) is 16.3. The number of piperidine rings is 1. The molecule has 29 heavy (non-hydrogen) atoms. The molecule has 0 saturated carbocycles. The Kier molecular flexibility index (Phi) is 5.22. The molecule has 1 aliphatic heterocycles. The molecule has 1 saturated heterocycles. The topological polar surface area (TPSA) is 86.6 Å². The molecule has 150 valence electrons. The first-order chi connectivity index (χ1) is 14.1. The van der Waals surface area contributed by atoms with Crippen molar-refractivity contribution in [2.75, 3.05) is 18.0 Å². The summed E-state index contributed by atoms with van der Waals surface area (Å²) in [6.45, 7) is 1.65. The molecule has 0 aliphatic carbocycles. The molecule has 1 aromatic heterocycles. The van der Waals surface area contributed by atoms with Gasteiger partial charge in [0.15, 0.2) is 0 Å². The van der Waals surface area contributed by atoms with Crippen molar-refractivity contribution < 1.29 is 14.8 Å². The van der Waals surface area contributed by atoms with E-state index in [1.165, 1.54) is 0 Å². The van der Waals surface area contributed by atoms with Crippen LogP contribution in [0, 0.1) is 0 Å². The molecule has 7 heteroatoms. The van der Waals surface area contributed by atoms with Crippen LogP contribution < -0.4 is 15.7 Å². The number of benzene rings is 2. The SMILES string of the molecule is Cn1cc(C(=O)NC2CCN(c3ccc(C(=O)NO)cc3)CC2)c2ccccc21. The van der Waals surface area contributed by atoms with Crippen LogP contribution in [0.4, 0.5) is 5.69 Å². The quantitative estimate of drug-likeness (QED) is 0.471. The minimum atomic E-state index is -0.522. The molecule has 1 fully saturated rings. The van der Waals surface area contributed by atoms with Crippen LogP contribution in [-0.4, -0.2) is 40.7 Å². The lowest BCUT2D eigenvalue weighted by molar-refractivity contribution is 0.0706. The minimum Gasteiger partial charge on any atom is -0.371 e. The summed E-state index contributed by atoms with van der Waals surface area (Å²) in [5, 5.41) is 12.9. The van der Waals surface area contributed by atoms with Crippen LogP contribution >= 0.6 is 0 Å². The zero-order chi connectivity index (χ0) is 20.4. The average Bonchev–Trinajstić information content (AvgIpc) is 3.11. The van der Waals surface area contributed by atoms with Gasteiger partial charge >= 0.3 is 0 Å². The van der Waals surface area contributed by atoms with E-state index < -0.39 is 5.91 Å². The highest BCUT2D eigenvalue weighted by molar-refractivity contribution is 6.07. The number of carbonyl (C=O) groups excluding carboxylic acids is 2. The van der Waals surface area contributed by atoms with Crippen LogP contribution in [0.15, 0.2) is 54.7 Å². The van der Waals surface area contributed by atoms with Crippen molar-refractivity contribution in [2.24, 2.45) is 7.05 Å². The Labute approximate surface area is 168 Å². The van der Waals surface area contributed by atoms with Gasteiger partial charge in [-0.2, -0.15) is 0 Å². The van der Waals surface area contributed by atoms with Gasteiger partial charge in [-0.3, -0.25) is 14.8 Å². The van der Waals surface area contributed by atoms with Crippen molar-refractivity contribution in [1.29, 1.82) is 0 Å². The number of hydrogen-bond donors (Lipinski definition) is 3. The molecule has 4 rings (SSSR count). The lowest BCUT2D eigenvalue weighted by Gasteiger charge is -2.34.